The summed E-state index contributed by atoms with van der Waals surface area (Å²) in [5.41, 5.74) is 0.573. The number of aryl methyl sites for hydroxylation is 1. The Balaban J connectivity index is 1.60. The van der Waals surface area contributed by atoms with E-state index in [9.17, 15) is 4.39 Å². The number of aromatic nitrogens is 3. The van der Waals surface area contributed by atoms with Crippen LogP contribution in [0.4, 0.5) is 4.39 Å². The number of rotatable bonds is 5. The molecule has 23 heavy (non-hydrogen) atoms. The molecular formula is C16H20ClFN4O. The highest BCUT2D eigenvalue weighted by Gasteiger charge is 2.25. The molecule has 1 aliphatic heterocycles. The molecule has 1 unspecified atom stereocenters. The fraction of sp³-hybridized carbons (Fsp3) is 0.500. The van der Waals surface area contributed by atoms with Crippen LogP contribution in [0.15, 0.2) is 18.2 Å². The Morgan fingerprint density at radius 1 is 1.48 bits per heavy atom. The van der Waals surface area contributed by atoms with E-state index in [-0.39, 0.29) is 11.9 Å². The van der Waals surface area contributed by atoms with Crippen molar-refractivity contribution in [3.05, 3.63) is 46.3 Å². The van der Waals surface area contributed by atoms with Gasteiger partial charge in [-0.1, -0.05) is 24.6 Å². The molecule has 7 heteroatoms. The largest absolute Gasteiger partial charge is 0.367 e. The lowest BCUT2D eigenvalue weighted by molar-refractivity contribution is -0.0338. The maximum atomic E-state index is 13.8. The molecule has 1 N–H and O–H groups in total. The first kappa shape index (κ1) is 16.4. The fourth-order valence-corrected chi connectivity index (χ4v) is 2.97. The fourth-order valence-electron chi connectivity index (χ4n) is 2.72. The smallest absolute Gasteiger partial charge is 0.180 e. The minimum Gasteiger partial charge on any atom is -0.367 e. The van der Waals surface area contributed by atoms with Crippen molar-refractivity contribution in [2.45, 2.75) is 25.9 Å². The number of nitrogens with one attached hydrogen (secondary N) is 1. The van der Waals surface area contributed by atoms with Gasteiger partial charge in [-0.2, -0.15) is 5.10 Å². The third-order valence-corrected chi connectivity index (χ3v) is 4.42. The summed E-state index contributed by atoms with van der Waals surface area (Å²) < 4.78 is 19.6. The van der Waals surface area contributed by atoms with Gasteiger partial charge in [-0.25, -0.2) is 9.37 Å². The molecule has 1 aliphatic rings. The van der Waals surface area contributed by atoms with Crippen molar-refractivity contribution in [1.82, 2.24) is 20.1 Å². The standard InChI is InChI=1S/C16H20ClFN4O/c1-2-15-19-16(21-20-15)14-10-22(8-9-23-14)7-6-11-12(17)4-3-5-13(11)18/h3-5,14H,2,6-10H2,1H3,(H,19,20,21). The van der Waals surface area contributed by atoms with E-state index in [2.05, 4.69) is 20.1 Å². The molecule has 0 aliphatic carbocycles. The Bertz CT molecular complexity index is 643. The summed E-state index contributed by atoms with van der Waals surface area (Å²) in [6.07, 6.45) is 1.25. The van der Waals surface area contributed by atoms with Gasteiger partial charge in [0.05, 0.1) is 6.61 Å². The number of aromatic amines is 1. The van der Waals surface area contributed by atoms with E-state index < -0.39 is 0 Å². The van der Waals surface area contributed by atoms with Gasteiger partial charge in [0.2, 0.25) is 0 Å². The summed E-state index contributed by atoms with van der Waals surface area (Å²) in [4.78, 5) is 6.67. The lowest BCUT2D eigenvalue weighted by Gasteiger charge is -2.31. The summed E-state index contributed by atoms with van der Waals surface area (Å²) in [5.74, 6) is 1.30. The van der Waals surface area contributed by atoms with Gasteiger partial charge in [-0.05, 0) is 18.6 Å². The molecule has 1 fully saturated rings. The maximum Gasteiger partial charge on any atom is 0.180 e. The SMILES string of the molecule is CCc1nc(C2CN(CCc3c(F)cccc3Cl)CCO2)n[nH]1. The molecule has 1 atom stereocenters. The molecule has 1 saturated heterocycles. The van der Waals surface area contributed by atoms with Crippen LogP contribution in [0.2, 0.25) is 5.02 Å². The number of morpholine rings is 1. The second-order valence-corrected chi connectivity index (χ2v) is 6.01. The Kier molecular flexibility index (Phi) is 5.25. The molecule has 3 rings (SSSR count). The molecule has 124 valence electrons. The van der Waals surface area contributed by atoms with Crippen molar-refractivity contribution in [2.75, 3.05) is 26.2 Å². The van der Waals surface area contributed by atoms with Crippen LogP contribution in [-0.2, 0) is 17.6 Å². The first-order valence-corrected chi connectivity index (χ1v) is 8.23. The van der Waals surface area contributed by atoms with E-state index in [1.54, 1.807) is 12.1 Å². The molecule has 1 aromatic heterocycles. The maximum absolute atomic E-state index is 13.8. The molecular weight excluding hydrogens is 319 g/mol. The predicted octanol–water partition coefficient (Wildman–Crippen LogP) is 2.78. The van der Waals surface area contributed by atoms with Gasteiger partial charge in [0, 0.05) is 36.6 Å². The van der Waals surface area contributed by atoms with Crippen molar-refractivity contribution in [3.8, 4) is 0 Å². The Morgan fingerprint density at radius 3 is 3.09 bits per heavy atom. The number of H-pyrrole nitrogens is 1. The minimum atomic E-state index is -0.246. The second kappa shape index (κ2) is 7.38. The highest BCUT2D eigenvalue weighted by Crippen LogP contribution is 2.22. The summed E-state index contributed by atoms with van der Waals surface area (Å²) in [6, 6.07) is 4.80. The number of benzene rings is 1. The summed E-state index contributed by atoms with van der Waals surface area (Å²) in [6.45, 7) is 4.88. The van der Waals surface area contributed by atoms with Crippen molar-refractivity contribution >= 4 is 11.6 Å². The van der Waals surface area contributed by atoms with Gasteiger partial charge in [-0.3, -0.25) is 10.00 Å². The van der Waals surface area contributed by atoms with Crippen molar-refractivity contribution in [2.24, 2.45) is 0 Å². The van der Waals surface area contributed by atoms with Gasteiger partial charge in [-0.15, -0.1) is 0 Å². The van der Waals surface area contributed by atoms with Gasteiger partial charge < -0.3 is 4.74 Å². The zero-order valence-electron chi connectivity index (χ0n) is 13.1. The minimum absolute atomic E-state index is 0.142. The number of ether oxygens (including phenoxy) is 1. The molecule has 0 bridgehead atoms. The summed E-state index contributed by atoms with van der Waals surface area (Å²) >= 11 is 6.08. The third-order valence-electron chi connectivity index (χ3n) is 4.06. The van der Waals surface area contributed by atoms with Gasteiger partial charge in [0.25, 0.3) is 0 Å². The highest BCUT2D eigenvalue weighted by atomic mass is 35.5. The van der Waals surface area contributed by atoms with Crippen LogP contribution in [0.25, 0.3) is 0 Å². The van der Waals surface area contributed by atoms with E-state index >= 15 is 0 Å². The molecule has 0 spiro atoms. The number of hydrogen-bond donors (Lipinski definition) is 1. The zero-order chi connectivity index (χ0) is 16.2. The predicted molar refractivity (Wildman–Crippen MR) is 86.0 cm³/mol. The van der Waals surface area contributed by atoms with Crippen molar-refractivity contribution < 1.29 is 9.13 Å². The molecule has 5 nitrogen and oxygen atoms in total. The Hall–Kier alpha value is -1.50. The lowest BCUT2D eigenvalue weighted by Crippen LogP contribution is -2.39. The van der Waals surface area contributed by atoms with Gasteiger partial charge in [0.1, 0.15) is 17.7 Å². The van der Waals surface area contributed by atoms with Crippen LogP contribution in [0.3, 0.4) is 0 Å². The molecule has 0 radical (unpaired) electrons. The molecule has 1 aromatic carbocycles. The van der Waals surface area contributed by atoms with E-state index in [1.807, 2.05) is 6.92 Å². The quantitative estimate of drug-likeness (QED) is 0.910. The van der Waals surface area contributed by atoms with E-state index in [0.717, 1.165) is 25.3 Å². The van der Waals surface area contributed by atoms with Crippen molar-refractivity contribution in [3.63, 3.8) is 0 Å². The first-order chi connectivity index (χ1) is 11.2. The lowest BCUT2D eigenvalue weighted by atomic mass is 10.1. The van der Waals surface area contributed by atoms with E-state index in [4.69, 9.17) is 16.3 Å². The molecule has 0 amide bonds. The monoisotopic (exact) mass is 338 g/mol. The first-order valence-electron chi connectivity index (χ1n) is 7.85. The van der Waals surface area contributed by atoms with Crippen molar-refractivity contribution in [1.29, 1.82) is 0 Å². The summed E-state index contributed by atoms with van der Waals surface area (Å²) in [5, 5.41) is 7.62. The average molecular weight is 339 g/mol. The van der Waals surface area contributed by atoms with Gasteiger partial charge in [0.15, 0.2) is 5.82 Å². The summed E-state index contributed by atoms with van der Waals surface area (Å²) in [7, 11) is 0. The van der Waals surface area contributed by atoms with Gasteiger partial charge >= 0.3 is 0 Å². The second-order valence-electron chi connectivity index (χ2n) is 5.60. The van der Waals surface area contributed by atoms with Crippen LogP contribution in [0.5, 0.6) is 0 Å². The number of nitrogens with zero attached hydrogens (tertiary/aromatic N) is 3. The zero-order valence-corrected chi connectivity index (χ0v) is 13.8. The van der Waals surface area contributed by atoms with Crippen LogP contribution >= 0.6 is 11.6 Å². The van der Waals surface area contributed by atoms with Crippen LogP contribution in [-0.4, -0.2) is 46.3 Å². The average Bonchev–Trinajstić information content (AvgIpc) is 3.04. The molecule has 2 aromatic rings. The van der Waals surface area contributed by atoms with E-state index in [1.165, 1.54) is 6.07 Å². The van der Waals surface area contributed by atoms with Crippen LogP contribution in [0, 0.1) is 5.82 Å². The number of hydrogen-bond acceptors (Lipinski definition) is 4. The van der Waals surface area contributed by atoms with E-state index in [0.29, 0.717) is 36.0 Å². The van der Waals surface area contributed by atoms with Crippen LogP contribution < -0.4 is 0 Å². The molecule has 2 heterocycles. The topological polar surface area (TPSA) is 54.0 Å². The Labute approximate surface area is 139 Å². The third kappa shape index (κ3) is 3.88. The normalized spacial score (nSPS) is 19.2. The highest BCUT2D eigenvalue weighted by molar-refractivity contribution is 6.31. The number of halogens is 2. The van der Waals surface area contributed by atoms with Crippen LogP contribution in [0.1, 0.15) is 30.2 Å². The Morgan fingerprint density at radius 2 is 2.35 bits per heavy atom. The molecule has 0 saturated carbocycles.